The van der Waals surface area contributed by atoms with Crippen LogP contribution in [0.2, 0.25) is 0 Å². The van der Waals surface area contributed by atoms with Crippen LogP contribution in [0.3, 0.4) is 0 Å². The summed E-state index contributed by atoms with van der Waals surface area (Å²) in [5.41, 5.74) is 1.56. The number of amides is 1. The topological polar surface area (TPSA) is 58.2 Å². The van der Waals surface area contributed by atoms with Gasteiger partial charge >= 0.3 is 0 Å². The number of benzene rings is 1. The highest BCUT2D eigenvalue weighted by atomic mass is 16.5. The Bertz CT molecular complexity index is 587. The summed E-state index contributed by atoms with van der Waals surface area (Å²) in [5.74, 6) is 0.0204. The minimum absolute atomic E-state index is 0.0204. The molecular formula is C14H17N3O2. The van der Waals surface area contributed by atoms with Crippen molar-refractivity contribution in [3.05, 3.63) is 30.0 Å². The van der Waals surface area contributed by atoms with Crippen LogP contribution in [0.15, 0.2) is 24.4 Å². The number of carbonyl (C=O) groups excluding carboxylic acids is 1. The van der Waals surface area contributed by atoms with Crippen LogP contribution in [0.25, 0.3) is 10.9 Å². The number of aromatic nitrogens is 2. The molecule has 1 saturated heterocycles. The SMILES string of the molecule is CN(CC1CCCO1)C(=O)c1ccc2cn[nH]c2c1. The van der Waals surface area contributed by atoms with Crippen molar-refractivity contribution < 1.29 is 9.53 Å². The monoisotopic (exact) mass is 259 g/mol. The lowest BCUT2D eigenvalue weighted by Crippen LogP contribution is -2.34. The van der Waals surface area contributed by atoms with Crippen LogP contribution >= 0.6 is 0 Å². The van der Waals surface area contributed by atoms with Crippen LogP contribution in [0.4, 0.5) is 0 Å². The highest BCUT2D eigenvalue weighted by molar-refractivity contribution is 5.97. The Kier molecular flexibility index (Phi) is 3.21. The number of fused-ring (bicyclic) bond motifs is 1. The molecular weight excluding hydrogens is 242 g/mol. The molecule has 2 heterocycles. The van der Waals surface area contributed by atoms with E-state index in [-0.39, 0.29) is 12.0 Å². The van der Waals surface area contributed by atoms with Crippen molar-refractivity contribution in [1.82, 2.24) is 15.1 Å². The van der Waals surface area contributed by atoms with Gasteiger partial charge in [-0.2, -0.15) is 5.10 Å². The number of aromatic amines is 1. The summed E-state index contributed by atoms with van der Waals surface area (Å²) in [7, 11) is 1.82. The van der Waals surface area contributed by atoms with Crippen LogP contribution in [0.1, 0.15) is 23.2 Å². The fraction of sp³-hybridized carbons (Fsp3) is 0.429. The first kappa shape index (κ1) is 12.2. The van der Waals surface area contributed by atoms with Gasteiger partial charge in [0, 0.05) is 31.1 Å². The first-order valence-corrected chi connectivity index (χ1v) is 6.54. The van der Waals surface area contributed by atoms with Gasteiger partial charge in [0.05, 0.1) is 17.8 Å². The first-order valence-electron chi connectivity index (χ1n) is 6.54. The molecule has 3 rings (SSSR count). The van der Waals surface area contributed by atoms with E-state index >= 15 is 0 Å². The molecule has 0 saturated carbocycles. The number of carbonyl (C=O) groups is 1. The standard InChI is InChI=1S/C14H17N3O2/c1-17(9-12-3-2-6-19-12)14(18)10-4-5-11-8-15-16-13(11)7-10/h4-5,7-8,12H,2-3,6,9H2,1H3,(H,15,16). The number of hydrogen-bond acceptors (Lipinski definition) is 3. The molecule has 5 heteroatoms. The molecule has 1 N–H and O–H groups in total. The Hall–Kier alpha value is -1.88. The highest BCUT2D eigenvalue weighted by Crippen LogP contribution is 2.16. The Labute approximate surface area is 111 Å². The largest absolute Gasteiger partial charge is 0.376 e. The zero-order chi connectivity index (χ0) is 13.2. The fourth-order valence-corrected chi connectivity index (χ4v) is 2.47. The third-order valence-corrected chi connectivity index (χ3v) is 3.54. The summed E-state index contributed by atoms with van der Waals surface area (Å²) >= 11 is 0. The maximum atomic E-state index is 12.3. The van der Waals surface area contributed by atoms with E-state index in [0.29, 0.717) is 12.1 Å². The van der Waals surface area contributed by atoms with Crippen molar-refractivity contribution in [3.8, 4) is 0 Å². The molecule has 0 radical (unpaired) electrons. The molecule has 0 aliphatic carbocycles. The van der Waals surface area contributed by atoms with Gasteiger partial charge in [-0.3, -0.25) is 9.89 Å². The Morgan fingerprint density at radius 1 is 1.58 bits per heavy atom. The van der Waals surface area contributed by atoms with E-state index in [1.807, 2.05) is 25.2 Å². The van der Waals surface area contributed by atoms with E-state index < -0.39 is 0 Å². The van der Waals surface area contributed by atoms with Crippen LogP contribution < -0.4 is 0 Å². The first-order chi connectivity index (χ1) is 9.24. The van der Waals surface area contributed by atoms with Gasteiger partial charge in [-0.05, 0) is 25.0 Å². The Morgan fingerprint density at radius 2 is 2.47 bits per heavy atom. The van der Waals surface area contributed by atoms with E-state index in [4.69, 9.17) is 4.74 Å². The van der Waals surface area contributed by atoms with Crippen molar-refractivity contribution >= 4 is 16.8 Å². The quantitative estimate of drug-likeness (QED) is 0.914. The predicted molar refractivity (Wildman–Crippen MR) is 72.0 cm³/mol. The Balaban J connectivity index is 1.74. The van der Waals surface area contributed by atoms with Gasteiger partial charge in [-0.25, -0.2) is 0 Å². The lowest BCUT2D eigenvalue weighted by atomic mass is 10.1. The molecule has 1 aliphatic heterocycles. The molecule has 19 heavy (non-hydrogen) atoms. The van der Waals surface area contributed by atoms with Crippen LogP contribution in [0, 0.1) is 0 Å². The van der Waals surface area contributed by atoms with Crippen molar-refractivity contribution in [3.63, 3.8) is 0 Å². The van der Waals surface area contributed by atoms with Gasteiger partial charge < -0.3 is 9.64 Å². The molecule has 1 atom stereocenters. The second-order valence-corrected chi connectivity index (χ2v) is 4.99. The molecule has 1 aromatic carbocycles. The summed E-state index contributed by atoms with van der Waals surface area (Å²) in [6, 6.07) is 5.59. The van der Waals surface area contributed by atoms with Crippen molar-refractivity contribution in [2.45, 2.75) is 18.9 Å². The van der Waals surface area contributed by atoms with Gasteiger partial charge in [0.2, 0.25) is 0 Å². The van der Waals surface area contributed by atoms with E-state index in [1.165, 1.54) is 0 Å². The van der Waals surface area contributed by atoms with Crippen LogP contribution in [-0.2, 0) is 4.74 Å². The Morgan fingerprint density at radius 3 is 3.26 bits per heavy atom. The van der Waals surface area contributed by atoms with Crippen molar-refractivity contribution in [1.29, 1.82) is 0 Å². The minimum atomic E-state index is 0.0204. The minimum Gasteiger partial charge on any atom is -0.376 e. The lowest BCUT2D eigenvalue weighted by molar-refractivity contribution is 0.0587. The maximum Gasteiger partial charge on any atom is 0.253 e. The highest BCUT2D eigenvalue weighted by Gasteiger charge is 2.21. The van der Waals surface area contributed by atoms with Gasteiger partial charge in [-0.1, -0.05) is 6.07 Å². The van der Waals surface area contributed by atoms with Crippen molar-refractivity contribution in [2.24, 2.45) is 0 Å². The molecule has 2 aromatic rings. The van der Waals surface area contributed by atoms with Gasteiger partial charge in [0.15, 0.2) is 0 Å². The van der Waals surface area contributed by atoms with E-state index in [1.54, 1.807) is 11.1 Å². The van der Waals surface area contributed by atoms with E-state index in [0.717, 1.165) is 30.4 Å². The molecule has 5 nitrogen and oxygen atoms in total. The number of H-pyrrole nitrogens is 1. The average molecular weight is 259 g/mol. The van der Waals surface area contributed by atoms with E-state index in [9.17, 15) is 4.79 Å². The van der Waals surface area contributed by atoms with Gasteiger partial charge in [0.1, 0.15) is 0 Å². The summed E-state index contributed by atoms with van der Waals surface area (Å²) in [6.07, 6.45) is 4.06. The second-order valence-electron chi connectivity index (χ2n) is 4.99. The van der Waals surface area contributed by atoms with Crippen LogP contribution in [-0.4, -0.2) is 47.3 Å². The number of hydrogen-bond donors (Lipinski definition) is 1. The number of rotatable bonds is 3. The van der Waals surface area contributed by atoms with Gasteiger partial charge in [0.25, 0.3) is 5.91 Å². The third kappa shape index (κ3) is 2.46. The number of ether oxygens (including phenoxy) is 1. The number of nitrogens with one attached hydrogen (secondary N) is 1. The van der Waals surface area contributed by atoms with Crippen LogP contribution in [0.5, 0.6) is 0 Å². The zero-order valence-corrected chi connectivity index (χ0v) is 10.9. The molecule has 0 bridgehead atoms. The normalized spacial score (nSPS) is 18.9. The van der Waals surface area contributed by atoms with E-state index in [2.05, 4.69) is 10.2 Å². The maximum absolute atomic E-state index is 12.3. The predicted octanol–water partition coefficient (Wildman–Crippen LogP) is 1.81. The number of nitrogens with zero attached hydrogens (tertiary/aromatic N) is 2. The molecule has 1 aromatic heterocycles. The fourth-order valence-electron chi connectivity index (χ4n) is 2.47. The molecule has 100 valence electrons. The molecule has 1 fully saturated rings. The third-order valence-electron chi connectivity index (χ3n) is 3.54. The second kappa shape index (κ2) is 5.01. The molecule has 0 spiro atoms. The summed E-state index contributed by atoms with van der Waals surface area (Å²) < 4.78 is 5.56. The molecule has 1 unspecified atom stereocenters. The summed E-state index contributed by atoms with van der Waals surface area (Å²) in [4.78, 5) is 14.1. The van der Waals surface area contributed by atoms with Crippen molar-refractivity contribution in [2.75, 3.05) is 20.2 Å². The summed E-state index contributed by atoms with van der Waals surface area (Å²) in [5, 5.41) is 7.85. The summed E-state index contributed by atoms with van der Waals surface area (Å²) in [6.45, 7) is 1.46. The lowest BCUT2D eigenvalue weighted by Gasteiger charge is -2.20. The smallest absolute Gasteiger partial charge is 0.253 e. The average Bonchev–Trinajstić information content (AvgIpc) is 3.07. The molecule has 1 amide bonds. The molecule has 1 aliphatic rings. The van der Waals surface area contributed by atoms with Gasteiger partial charge in [-0.15, -0.1) is 0 Å². The number of likely N-dealkylation sites (N-methyl/N-ethyl adjacent to an activating group) is 1. The zero-order valence-electron chi connectivity index (χ0n) is 10.9.